The molecule has 1 unspecified atom stereocenters. The van der Waals surface area contributed by atoms with Crippen molar-refractivity contribution in [1.29, 1.82) is 5.26 Å². The zero-order valence-corrected chi connectivity index (χ0v) is 12.7. The van der Waals surface area contributed by atoms with Gasteiger partial charge in [0.15, 0.2) is 6.19 Å². The Morgan fingerprint density at radius 3 is 2.52 bits per heavy atom. The molecule has 0 N–H and O–H groups in total. The van der Waals surface area contributed by atoms with Gasteiger partial charge in [-0.05, 0) is 31.7 Å². The molecular weight excluding hydrogens is 262 g/mol. The lowest BCUT2D eigenvalue weighted by Gasteiger charge is -2.33. The Morgan fingerprint density at radius 2 is 1.95 bits per heavy atom. The van der Waals surface area contributed by atoms with Crippen LogP contribution in [-0.4, -0.2) is 41.4 Å². The van der Waals surface area contributed by atoms with Crippen LogP contribution >= 0.6 is 0 Å². The lowest BCUT2D eigenvalue weighted by molar-refractivity contribution is -0.136. The second-order valence-corrected chi connectivity index (χ2v) is 5.48. The van der Waals surface area contributed by atoms with Crippen LogP contribution < -0.4 is 0 Å². The highest BCUT2D eigenvalue weighted by molar-refractivity contribution is 5.82. The fraction of sp³-hybridized carbons (Fsp3) is 0.529. The molecule has 4 nitrogen and oxygen atoms in total. The minimum atomic E-state index is -0.375. The first-order valence-electron chi connectivity index (χ1n) is 7.75. The van der Waals surface area contributed by atoms with Gasteiger partial charge in [0, 0.05) is 26.1 Å². The summed E-state index contributed by atoms with van der Waals surface area (Å²) in [6.45, 7) is 4.14. The van der Waals surface area contributed by atoms with Gasteiger partial charge in [0.2, 0.25) is 5.91 Å². The smallest absolute Gasteiger partial charge is 0.246 e. The van der Waals surface area contributed by atoms with E-state index in [4.69, 9.17) is 0 Å². The van der Waals surface area contributed by atoms with Crippen LogP contribution in [0.3, 0.4) is 0 Å². The van der Waals surface area contributed by atoms with E-state index in [-0.39, 0.29) is 11.9 Å². The Balaban J connectivity index is 2.15. The van der Waals surface area contributed by atoms with E-state index in [0.717, 1.165) is 31.5 Å². The first-order chi connectivity index (χ1) is 10.3. The highest BCUT2D eigenvalue weighted by Crippen LogP contribution is 2.15. The maximum atomic E-state index is 12.8. The molecule has 1 atom stereocenters. The molecule has 0 spiro atoms. The number of benzene rings is 1. The van der Waals surface area contributed by atoms with Gasteiger partial charge in [-0.25, -0.2) is 0 Å². The molecule has 0 bridgehead atoms. The van der Waals surface area contributed by atoms with Gasteiger partial charge in [-0.1, -0.05) is 30.3 Å². The molecule has 1 heterocycles. The average molecular weight is 285 g/mol. The van der Waals surface area contributed by atoms with E-state index in [0.29, 0.717) is 13.0 Å². The lowest BCUT2D eigenvalue weighted by Crippen LogP contribution is -2.49. The number of nitriles is 1. The summed E-state index contributed by atoms with van der Waals surface area (Å²) in [7, 11) is 0. The SMILES string of the molecule is CCN(C#N)C(Cc1ccccc1)C(=O)N1CCCCC1. The molecule has 1 fully saturated rings. The molecule has 4 heteroatoms. The van der Waals surface area contributed by atoms with E-state index in [2.05, 4.69) is 6.19 Å². The lowest BCUT2D eigenvalue weighted by atomic mass is 10.0. The zero-order chi connectivity index (χ0) is 15.1. The van der Waals surface area contributed by atoms with Crippen LogP contribution in [0.1, 0.15) is 31.7 Å². The highest BCUT2D eigenvalue weighted by atomic mass is 16.2. The number of amides is 1. The van der Waals surface area contributed by atoms with E-state index < -0.39 is 0 Å². The molecule has 1 aromatic carbocycles. The van der Waals surface area contributed by atoms with Gasteiger partial charge in [-0.15, -0.1) is 0 Å². The number of nitrogens with zero attached hydrogens (tertiary/aromatic N) is 3. The number of likely N-dealkylation sites (N-methyl/N-ethyl adjacent to an activating group) is 1. The number of likely N-dealkylation sites (tertiary alicyclic amines) is 1. The molecule has 112 valence electrons. The van der Waals surface area contributed by atoms with Crippen molar-refractivity contribution in [2.75, 3.05) is 19.6 Å². The molecule has 21 heavy (non-hydrogen) atoms. The van der Waals surface area contributed by atoms with Crippen molar-refractivity contribution in [3.05, 3.63) is 35.9 Å². The second-order valence-electron chi connectivity index (χ2n) is 5.48. The summed E-state index contributed by atoms with van der Waals surface area (Å²) >= 11 is 0. The predicted octanol–water partition coefficient (Wildman–Crippen LogP) is 2.41. The molecule has 1 aromatic rings. The number of carbonyl (C=O) groups is 1. The van der Waals surface area contributed by atoms with Crippen molar-refractivity contribution in [1.82, 2.24) is 9.80 Å². The van der Waals surface area contributed by atoms with Crippen LogP contribution in [0, 0.1) is 11.5 Å². The summed E-state index contributed by atoms with van der Waals surface area (Å²) in [5.74, 6) is 0.0990. The number of rotatable bonds is 5. The number of piperidine rings is 1. The Labute approximate surface area is 127 Å². The highest BCUT2D eigenvalue weighted by Gasteiger charge is 2.29. The molecule has 1 aliphatic heterocycles. The van der Waals surface area contributed by atoms with Crippen LogP contribution in [0.5, 0.6) is 0 Å². The number of hydrogen-bond acceptors (Lipinski definition) is 3. The zero-order valence-electron chi connectivity index (χ0n) is 12.7. The normalized spacial score (nSPS) is 16.1. The van der Waals surface area contributed by atoms with Gasteiger partial charge in [0.05, 0.1) is 0 Å². The van der Waals surface area contributed by atoms with Crippen LogP contribution in [0.25, 0.3) is 0 Å². The van der Waals surface area contributed by atoms with Crippen LogP contribution in [0.15, 0.2) is 30.3 Å². The van der Waals surface area contributed by atoms with E-state index >= 15 is 0 Å². The molecule has 1 amide bonds. The van der Waals surface area contributed by atoms with E-state index in [9.17, 15) is 10.1 Å². The van der Waals surface area contributed by atoms with Crippen molar-refractivity contribution >= 4 is 5.91 Å². The Kier molecular flexibility index (Phi) is 5.62. The number of hydrogen-bond donors (Lipinski definition) is 0. The first-order valence-corrected chi connectivity index (χ1v) is 7.75. The minimum absolute atomic E-state index is 0.0990. The van der Waals surface area contributed by atoms with Crippen LogP contribution in [0.4, 0.5) is 0 Å². The van der Waals surface area contributed by atoms with E-state index in [1.807, 2.05) is 42.2 Å². The molecule has 0 saturated carbocycles. The molecule has 1 saturated heterocycles. The molecule has 1 aliphatic rings. The fourth-order valence-electron chi connectivity index (χ4n) is 2.85. The largest absolute Gasteiger partial charge is 0.341 e. The number of carbonyl (C=O) groups excluding carboxylic acids is 1. The quantitative estimate of drug-likeness (QED) is 0.616. The molecule has 0 aromatic heterocycles. The first kappa shape index (κ1) is 15.4. The van der Waals surface area contributed by atoms with E-state index in [1.165, 1.54) is 6.42 Å². The summed E-state index contributed by atoms with van der Waals surface area (Å²) in [6, 6.07) is 9.57. The summed E-state index contributed by atoms with van der Waals surface area (Å²) in [4.78, 5) is 16.3. The molecule has 0 aliphatic carbocycles. The van der Waals surface area contributed by atoms with Gasteiger partial charge >= 0.3 is 0 Å². The van der Waals surface area contributed by atoms with Crippen molar-refractivity contribution in [3.8, 4) is 6.19 Å². The van der Waals surface area contributed by atoms with E-state index in [1.54, 1.807) is 4.90 Å². The Morgan fingerprint density at radius 1 is 1.29 bits per heavy atom. The summed E-state index contributed by atoms with van der Waals surface area (Å²) in [5, 5.41) is 9.33. The molecule has 0 radical (unpaired) electrons. The molecular formula is C17H23N3O. The third-order valence-electron chi connectivity index (χ3n) is 4.07. The van der Waals surface area contributed by atoms with Crippen molar-refractivity contribution in [2.45, 2.75) is 38.6 Å². The second kappa shape index (κ2) is 7.68. The van der Waals surface area contributed by atoms with Crippen molar-refractivity contribution in [3.63, 3.8) is 0 Å². The van der Waals surface area contributed by atoms with Gasteiger partial charge in [-0.3, -0.25) is 9.69 Å². The minimum Gasteiger partial charge on any atom is -0.341 e. The Hall–Kier alpha value is -2.02. The van der Waals surface area contributed by atoms with Crippen LogP contribution in [-0.2, 0) is 11.2 Å². The fourth-order valence-corrected chi connectivity index (χ4v) is 2.85. The van der Waals surface area contributed by atoms with Gasteiger partial charge < -0.3 is 4.90 Å². The monoisotopic (exact) mass is 285 g/mol. The van der Waals surface area contributed by atoms with Crippen molar-refractivity contribution in [2.24, 2.45) is 0 Å². The standard InChI is InChI=1S/C17H23N3O/c1-2-19(14-18)16(13-15-9-5-3-6-10-15)17(21)20-11-7-4-8-12-20/h3,5-6,9-10,16H,2,4,7-8,11-13H2,1H3. The Bertz CT molecular complexity index is 489. The van der Waals surface area contributed by atoms with Gasteiger partial charge in [-0.2, -0.15) is 5.26 Å². The van der Waals surface area contributed by atoms with Crippen LogP contribution in [0.2, 0.25) is 0 Å². The predicted molar refractivity (Wildman–Crippen MR) is 82.4 cm³/mol. The third kappa shape index (κ3) is 3.98. The topological polar surface area (TPSA) is 47.3 Å². The maximum absolute atomic E-state index is 12.8. The van der Waals surface area contributed by atoms with Gasteiger partial charge in [0.25, 0.3) is 0 Å². The maximum Gasteiger partial charge on any atom is 0.246 e. The average Bonchev–Trinajstić information content (AvgIpc) is 2.56. The summed E-state index contributed by atoms with van der Waals surface area (Å²) in [5.41, 5.74) is 1.10. The molecule has 2 rings (SSSR count). The summed E-state index contributed by atoms with van der Waals surface area (Å²) in [6.07, 6.45) is 6.11. The van der Waals surface area contributed by atoms with Gasteiger partial charge in [0.1, 0.15) is 6.04 Å². The third-order valence-corrected chi connectivity index (χ3v) is 4.07. The summed E-state index contributed by atoms with van der Waals surface area (Å²) < 4.78 is 0. The van der Waals surface area contributed by atoms with Crippen molar-refractivity contribution < 1.29 is 4.79 Å².